The number of rotatable bonds is 5. The second kappa shape index (κ2) is 13.1. The molecule has 0 aromatic heterocycles. The highest BCUT2D eigenvalue weighted by atomic mass is 35.5. The van der Waals surface area contributed by atoms with Crippen LogP contribution >= 0.6 is 23.2 Å². The number of ether oxygens (including phenoxy) is 1. The van der Waals surface area contributed by atoms with Crippen molar-refractivity contribution in [2.75, 3.05) is 25.0 Å². The number of aliphatic hydroxyl groups excluding tert-OH is 1. The summed E-state index contributed by atoms with van der Waals surface area (Å²) in [6.07, 6.45) is -0.560. The van der Waals surface area contributed by atoms with Crippen molar-refractivity contribution in [2.24, 2.45) is 0 Å². The van der Waals surface area contributed by atoms with Gasteiger partial charge in [-0.2, -0.15) is 0 Å². The molecule has 0 aliphatic carbocycles. The van der Waals surface area contributed by atoms with Crippen LogP contribution in [0.25, 0.3) is 0 Å². The van der Waals surface area contributed by atoms with E-state index in [9.17, 15) is 0 Å². The van der Waals surface area contributed by atoms with Gasteiger partial charge in [-0.3, -0.25) is 0 Å². The fourth-order valence-electron chi connectivity index (χ4n) is 0.318. The lowest BCUT2D eigenvalue weighted by molar-refractivity contribution is 0.0553. The van der Waals surface area contributed by atoms with Gasteiger partial charge in [-0.15, -0.1) is 23.2 Å². The van der Waals surface area contributed by atoms with E-state index in [0.29, 0.717) is 12.5 Å². The Morgan fingerprint density at radius 1 is 1.36 bits per heavy atom. The van der Waals surface area contributed by atoms with Crippen LogP contribution in [0.1, 0.15) is 13.8 Å². The van der Waals surface area contributed by atoms with E-state index in [1.54, 1.807) is 0 Å². The average Bonchev–Trinajstić information content (AvgIpc) is 2.08. The molecule has 0 bridgehead atoms. The number of halogens is 2. The van der Waals surface area contributed by atoms with E-state index in [0.717, 1.165) is 0 Å². The lowest BCUT2D eigenvalue weighted by Gasteiger charge is -2.05. The molecule has 0 saturated heterocycles. The number of hydrogen-bond donors (Lipinski definition) is 1. The largest absolute Gasteiger partial charge is 0.389 e. The fourth-order valence-corrected chi connectivity index (χ4v) is 0.517. The fraction of sp³-hybridized carbons (Fsp3) is 1.00. The third-order valence-electron chi connectivity index (χ3n) is 0.710. The third kappa shape index (κ3) is 13.5. The van der Waals surface area contributed by atoms with Crippen molar-refractivity contribution >= 4 is 23.2 Å². The Labute approximate surface area is 78.4 Å². The first kappa shape index (κ1) is 14.0. The molecule has 4 heteroatoms. The van der Waals surface area contributed by atoms with Crippen molar-refractivity contribution in [2.45, 2.75) is 20.0 Å². The van der Waals surface area contributed by atoms with Gasteiger partial charge in [0.2, 0.25) is 0 Å². The number of alkyl halides is 2. The molecule has 1 N–H and O–H groups in total. The molecule has 0 spiro atoms. The van der Waals surface area contributed by atoms with Crippen molar-refractivity contribution in [1.29, 1.82) is 0 Å². The molecule has 70 valence electrons. The van der Waals surface area contributed by atoms with Crippen molar-refractivity contribution < 1.29 is 9.84 Å². The van der Waals surface area contributed by atoms with Crippen LogP contribution in [0.15, 0.2) is 0 Å². The SMILES string of the molecule is CC.OC(CCl)COCCCl. The Balaban J connectivity index is 0. The lowest BCUT2D eigenvalue weighted by Crippen LogP contribution is -2.17. The molecule has 0 aromatic rings. The summed E-state index contributed by atoms with van der Waals surface area (Å²) in [5, 5.41) is 8.78. The van der Waals surface area contributed by atoms with E-state index < -0.39 is 6.10 Å². The van der Waals surface area contributed by atoms with Gasteiger partial charge in [0.05, 0.1) is 25.2 Å². The minimum atomic E-state index is -0.560. The maximum atomic E-state index is 8.78. The van der Waals surface area contributed by atoms with Crippen molar-refractivity contribution in [3.05, 3.63) is 0 Å². The van der Waals surface area contributed by atoms with Gasteiger partial charge in [0.25, 0.3) is 0 Å². The van der Waals surface area contributed by atoms with Gasteiger partial charge in [0.15, 0.2) is 0 Å². The van der Waals surface area contributed by atoms with Crippen LogP contribution < -0.4 is 0 Å². The topological polar surface area (TPSA) is 29.5 Å². The maximum absolute atomic E-state index is 8.78. The molecule has 0 saturated carbocycles. The van der Waals surface area contributed by atoms with Crippen LogP contribution in [0, 0.1) is 0 Å². The Morgan fingerprint density at radius 2 is 1.91 bits per heavy atom. The molecule has 0 aromatic carbocycles. The van der Waals surface area contributed by atoms with Crippen LogP contribution in [0.4, 0.5) is 0 Å². The molecular weight excluding hydrogens is 187 g/mol. The maximum Gasteiger partial charge on any atom is 0.0908 e. The molecule has 11 heavy (non-hydrogen) atoms. The summed E-state index contributed by atoms with van der Waals surface area (Å²) in [6.45, 7) is 4.74. The van der Waals surface area contributed by atoms with E-state index in [2.05, 4.69) is 0 Å². The molecule has 0 fully saturated rings. The zero-order valence-electron chi connectivity index (χ0n) is 7.02. The van der Waals surface area contributed by atoms with Gasteiger partial charge >= 0.3 is 0 Å². The van der Waals surface area contributed by atoms with E-state index >= 15 is 0 Å². The van der Waals surface area contributed by atoms with Crippen molar-refractivity contribution in [3.63, 3.8) is 0 Å². The third-order valence-corrected chi connectivity index (χ3v) is 1.22. The first-order valence-corrected chi connectivity index (χ1v) is 4.76. The minimum absolute atomic E-state index is 0.211. The first-order valence-electron chi connectivity index (χ1n) is 3.69. The molecule has 0 aliphatic heterocycles. The van der Waals surface area contributed by atoms with Crippen LogP contribution in [0.3, 0.4) is 0 Å². The predicted molar refractivity (Wildman–Crippen MR) is 49.6 cm³/mol. The summed E-state index contributed by atoms with van der Waals surface area (Å²) in [6, 6.07) is 0. The number of aliphatic hydroxyl groups is 1. The quantitative estimate of drug-likeness (QED) is 0.546. The average molecular weight is 203 g/mol. The van der Waals surface area contributed by atoms with Gasteiger partial charge in [-0.1, -0.05) is 13.8 Å². The van der Waals surface area contributed by atoms with Crippen LogP contribution in [-0.4, -0.2) is 36.2 Å². The number of hydrogen-bond acceptors (Lipinski definition) is 2. The smallest absolute Gasteiger partial charge is 0.0908 e. The first-order chi connectivity index (χ1) is 5.31. The van der Waals surface area contributed by atoms with Gasteiger partial charge in [-0.05, 0) is 0 Å². The second-order valence-corrected chi connectivity index (χ2v) is 2.26. The minimum Gasteiger partial charge on any atom is -0.389 e. The predicted octanol–water partition coefficient (Wildman–Crippen LogP) is 1.87. The van der Waals surface area contributed by atoms with E-state index in [-0.39, 0.29) is 12.5 Å². The van der Waals surface area contributed by atoms with Gasteiger partial charge < -0.3 is 9.84 Å². The van der Waals surface area contributed by atoms with Crippen LogP contribution in [0.2, 0.25) is 0 Å². The van der Waals surface area contributed by atoms with Gasteiger partial charge in [0, 0.05) is 5.88 Å². The highest BCUT2D eigenvalue weighted by Crippen LogP contribution is 1.88. The van der Waals surface area contributed by atoms with E-state index in [1.165, 1.54) is 0 Å². The highest BCUT2D eigenvalue weighted by molar-refractivity contribution is 6.18. The van der Waals surface area contributed by atoms with Crippen LogP contribution in [0.5, 0.6) is 0 Å². The molecule has 1 unspecified atom stereocenters. The summed E-state index contributed by atoms with van der Waals surface area (Å²) < 4.78 is 4.87. The molecule has 0 heterocycles. The second-order valence-electron chi connectivity index (χ2n) is 1.57. The van der Waals surface area contributed by atoms with Crippen molar-refractivity contribution in [3.8, 4) is 0 Å². The molecule has 0 rings (SSSR count). The van der Waals surface area contributed by atoms with Crippen LogP contribution in [-0.2, 0) is 4.74 Å². The zero-order chi connectivity index (χ0) is 9.11. The molecule has 2 nitrogen and oxygen atoms in total. The van der Waals surface area contributed by atoms with Crippen molar-refractivity contribution in [1.82, 2.24) is 0 Å². The summed E-state index contributed by atoms with van der Waals surface area (Å²) in [7, 11) is 0. The Morgan fingerprint density at radius 3 is 2.27 bits per heavy atom. The normalized spacial score (nSPS) is 11.7. The molecular formula is C7H16Cl2O2. The van der Waals surface area contributed by atoms with Gasteiger partial charge in [-0.25, -0.2) is 0 Å². The standard InChI is InChI=1S/C5H10Cl2O2.C2H6/c6-1-2-9-4-5(8)3-7;1-2/h5,8H,1-4H2;1-2H3. The summed E-state index contributed by atoms with van der Waals surface area (Å²) in [5.74, 6) is 0.664. The molecule has 0 aliphatic rings. The summed E-state index contributed by atoms with van der Waals surface area (Å²) in [5.41, 5.74) is 0. The van der Waals surface area contributed by atoms with Gasteiger partial charge in [0.1, 0.15) is 0 Å². The van der Waals surface area contributed by atoms with E-state index in [1.807, 2.05) is 13.8 Å². The summed E-state index contributed by atoms with van der Waals surface area (Å²) in [4.78, 5) is 0. The highest BCUT2D eigenvalue weighted by Gasteiger charge is 1.99. The Bertz CT molecular complexity index is 62.4. The Hall–Kier alpha value is 0.500. The summed E-state index contributed by atoms with van der Waals surface area (Å²) >= 11 is 10.6. The molecule has 0 amide bonds. The van der Waals surface area contributed by atoms with E-state index in [4.69, 9.17) is 33.0 Å². The zero-order valence-corrected chi connectivity index (χ0v) is 8.53. The lowest BCUT2D eigenvalue weighted by atomic mass is 10.4. The Kier molecular flexibility index (Phi) is 16.8. The molecule has 0 radical (unpaired) electrons. The molecule has 1 atom stereocenters. The monoisotopic (exact) mass is 202 g/mol.